The van der Waals surface area contributed by atoms with Crippen LogP contribution in [0.2, 0.25) is 0 Å². The van der Waals surface area contributed by atoms with E-state index in [1.165, 1.54) is 0 Å². The molecule has 0 radical (unpaired) electrons. The quantitative estimate of drug-likeness (QED) is 0.818. The zero-order valence-corrected chi connectivity index (χ0v) is 9.34. The lowest BCUT2D eigenvalue weighted by molar-refractivity contribution is 0.102. The zero-order chi connectivity index (χ0) is 12.3. The molecule has 17 heavy (non-hydrogen) atoms. The summed E-state index contributed by atoms with van der Waals surface area (Å²) in [4.78, 5) is 19.7. The van der Waals surface area contributed by atoms with E-state index in [0.717, 1.165) is 5.56 Å². The number of carbonyl (C=O) groups is 1. The van der Waals surface area contributed by atoms with Gasteiger partial charge in [-0.15, -0.1) is 0 Å². The standard InChI is InChI=1S/C12H12N4O/c1-8-5-9(7-14-6-8)15-12(17)10-3-2-4-11(13)16-10/h2-7H,1H3,(H2,13,16)(H,15,17). The third-order valence-corrected chi connectivity index (χ3v) is 2.14. The first kappa shape index (κ1) is 11.1. The average Bonchev–Trinajstić information content (AvgIpc) is 2.29. The van der Waals surface area contributed by atoms with Crippen LogP contribution in [0.25, 0.3) is 0 Å². The van der Waals surface area contributed by atoms with Crippen molar-refractivity contribution in [2.45, 2.75) is 6.92 Å². The van der Waals surface area contributed by atoms with Gasteiger partial charge in [0.05, 0.1) is 11.9 Å². The second kappa shape index (κ2) is 4.61. The normalized spacial score (nSPS) is 9.94. The summed E-state index contributed by atoms with van der Waals surface area (Å²) in [6.45, 7) is 1.90. The SMILES string of the molecule is Cc1cncc(NC(=O)c2cccc(N)n2)c1. The van der Waals surface area contributed by atoms with Crippen molar-refractivity contribution in [2.24, 2.45) is 0 Å². The number of nitrogen functional groups attached to an aromatic ring is 1. The Morgan fingerprint density at radius 1 is 1.35 bits per heavy atom. The molecule has 5 nitrogen and oxygen atoms in total. The molecular formula is C12H12N4O. The van der Waals surface area contributed by atoms with Gasteiger partial charge in [-0.3, -0.25) is 9.78 Å². The van der Waals surface area contributed by atoms with E-state index in [1.54, 1.807) is 30.6 Å². The summed E-state index contributed by atoms with van der Waals surface area (Å²) in [5.74, 6) is 0.0183. The highest BCUT2D eigenvalue weighted by molar-refractivity contribution is 6.02. The summed E-state index contributed by atoms with van der Waals surface area (Å²) >= 11 is 0. The average molecular weight is 228 g/mol. The fourth-order valence-electron chi connectivity index (χ4n) is 1.40. The number of carbonyl (C=O) groups excluding carboxylic acids is 1. The molecule has 0 aliphatic carbocycles. The van der Waals surface area contributed by atoms with E-state index in [4.69, 9.17) is 5.73 Å². The Bertz CT molecular complexity index is 554. The van der Waals surface area contributed by atoms with Crippen LogP contribution < -0.4 is 11.1 Å². The van der Waals surface area contributed by atoms with Crippen molar-refractivity contribution in [1.29, 1.82) is 0 Å². The molecule has 5 heteroatoms. The van der Waals surface area contributed by atoms with E-state index in [9.17, 15) is 4.79 Å². The maximum Gasteiger partial charge on any atom is 0.274 e. The van der Waals surface area contributed by atoms with Gasteiger partial charge in [-0.05, 0) is 30.7 Å². The van der Waals surface area contributed by atoms with Crippen LogP contribution in [0, 0.1) is 6.92 Å². The van der Waals surface area contributed by atoms with Crippen LogP contribution in [0.3, 0.4) is 0 Å². The van der Waals surface area contributed by atoms with E-state index >= 15 is 0 Å². The van der Waals surface area contributed by atoms with Gasteiger partial charge in [0, 0.05) is 6.20 Å². The molecule has 0 aliphatic heterocycles. The third-order valence-electron chi connectivity index (χ3n) is 2.14. The van der Waals surface area contributed by atoms with E-state index in [0.29, 0.717) is 11.5 Å². The number of aromatic nitrogens is 2. The van der Waals surface area contributed by atoms with Gasteiger partial charge in [0.2, 0.25) is 0 Å². The molecule has 0 spiro atoms. The Hall–Kier alpha value is -2.43. The Balaban J connectivity index is 2.17. The Morgan fingerprint density at radius 3 is 2.88 bits per heavy atom. The Morgan fingerprint density at radius 2 is 2.18 bits per heavy atom. The molecule has 2 rings (SSSR count). The number of pyridine rings is 2. The minimum Gasteiger partial charge on any atom is -0.384 e. The molecule has 0 bridgehead atoms. The fraction of sp³-hybridized carbons (Fsp3) is 0.0833. The van der Waals surface area contributed by atoms with Crippen molar-refractivity contribution in [3.8, 4) is 0 Å². The van der Waals surface area contributed by atoms with Crippen molar-refractivity contribution < 1.29 is 4.79 Å². The van der Waals surface area contributed by atoms with Gasteiger partial charge in [0.1, 0.15) is 11.5 Å². The fourth-order valence-corrected chi connectivity index (χ4v) is 1.40. The maximum absolute atomic E-state index is 11.8. The van der Waals surface area contributed by atoms with Crippen molar-refractivity contribution in [3.63, 3.8) is 0 Å². The van der Waals surface area contributed by atoms with Crippen LogP contribution >= 0.6 is 0 Å². The molecule has 86 valence electrons. The summed E-state index contributed by atoms with van der Waals surface area (Å²) in [6, 6.07) is 6.75. The number of hydrogen-bond acceptors (Lipinski definition) is 4. The van der Waals surface area contributed by atoms with Crippen LogP contribution in [0.1, 0.15) is 16.1 Å². The van der Waals surface area contributed by atoms with Gasteiger partial charge in [0.25, 0.3) is 5.91 Å². The molecule has 2 heterocycles. The largest absolute Gasteiger partial charge is 0.384 e. The first-order valence-corrected chi connectivity index (χ1v) is 5.11. The lowest BCUT2D eigenvalue weighted by Crippen LogP contribution is -2.14. The monoisotopic (exact) mass is 228 g/mol. The van der Waals surface area contributed by atoms with Crippen LogP contribution in [0.15, 0.2) is 36.7 Å². The predicted molar refractivity (Wildman–Crippen MR) is 65.6 cm³/mol. The van der Waals surface area contributed by atoms with Crippen molar-refractivity contribution in [1.82, 2.24) is 9.97 Å². The number of nitrogens with zero attached hydrogens (tertiary/aromatic N) is 2. The van der Waals surface area contributed by atoms with Gasteiger partial charge in [0.15, 0.2) is 0 Å². The molecule has 1 amide bonds. The van der Waals surface area contributed by atoms with E-state index in [1.807, 2.05) is 13.0 Å². The zero-order valence-electron chi connectivity index (χ0n) is 9.34. The lowest BCUT2D eigenvalue weighted by Gasteiger charge is -2.05. The molecule has 0 aliphatic rings. The second-order valence-corrected chi connectivity index (χ2v) is 3.65. The number of nitrogens with one attached hydrogen (secondary N) is 1. The van der Waals surface area contributed by atoms with Gasteiger partial charge in [-0.1, -0.05) is 6.07 Å². The Kier molecular flexibility index (Phi) is 3.00. The van der Waals surface area contributed by atoms with E-state index in [2.05, 4.69) is 15.3 Å². The van der Waals surface area contributed by atoms with Gasteiger partial charge < -0.3 is 11.1 Å². The van der Waals surface area contributed by atoms with Gasteiger partial charge in [-0.2, -0.15) is 0 Å². The number of amides is 1. The summed E-state index contributed by atoms with van der Waals surface area (Å²) in [5.41, 5.74) is 7.41. The minimum atomic E-state index is -0.301. The highest BCUT2D eigenvalue weighted by atomic mass is 16.1. The minimum absolute atomic E-state index is 0.284. The maximum atomic E-state index is 11.8. The lowest BCUT2D eigenvalue weighted by atomic mass is 10.3. The molecule has 0 aromatic carbocycles. The summed E-state index contributed by atoms with van der Waals surface area (Å²) in [7, 11) is 0. The van der Waals surface area contributed by atoms with Crippen LogP contribution in [-0.2, 0) is 0 Å². The summed E-state index contributed by atoms with van der Waals surface area (Å²) in [6.07, 6.45) is 3.30. The summed E-state index contributed by atoms with van der Waals surface area (Å²) in [5, 5.41) is 2.71. The molecule has 0 saturated heterocycles. The number of nitrogens with two attached hydrogens (primary N) is 1. The van der Waals surface area contributed by atoms with Gasteiger partial charge >= 0.3 is 0 Å². The first-order chi connectivity index (χ1) is 8.15. The molecule has 0 saturated carbocycles. The molecule has 0 fully saturated rings. The van der Waals surface area contributed by atoms with Gasteiger partial charge in [-0.25, -0.2) is 4.98 Å². The highest BCUT2D eigenvalue weighted by Gasteiger charge is 2.07. The van der Waals surface area contributed by atoms with Crippen LogP contribution in [0.4, 0.5) is 11.5 Å². The van der Waals surface area contributed by atoms with Crippen molar-refractivity contribution >= 4 is 17.4 Å². The summed E-state index contributed by atoms with van der Waals surface area (Å²) < 4.78 is 0. The number of anilines is 2. The van der Waals surface area contributed by atoms with Crippen LogP contribution in [-0.4, -0.2) is 15.9 Å². The van der Waals surface area contributed by atoms with Crippen molar-refractivity contribution in [2.75, 3.05) is 11.1 Å². The highest BCUT2D eigenvalue weighted by Crippen LogP contribution is 2.09. The number of rotatable bonds is 2. The molecule has 3 N–H and O–H groups in total. The van der Waals surface area contributed by atoms with E-state index in [-0.39, 0.29) is 11.6 Å². The number of aryl methyl sites for hydroxylation is 1. The van der Waals surface area contributed by atoms with Crippen LogP contribution in [0.5, 0.6) is 0 Å². The third kappa shape index (κ3) is 2.78. The molecule has 2 aromatic rings. The molecule has 2 aromatic heterocycles. The van der Waals surface area contributed by atoms with Crippen molar-refractivity contribution in [3.05, 3.63) is 47.9 Å². The first-order valence-electron chi connectivity index (χ1n) is 5.11. The van der Waals surface area contributed by atoms with E-state index < -0.39 is 0 Å². The topological polar surface area (TPSA) is 80.9 Å². The smallest absolute Gasteiger partial charge is 0.274 e. The molecule has 0 atom stereocenters. The molecular weight excluding hydrogens is 216 g/mol. The number of hydrogen-bond donors (Lipinski definition) is 2. The Labute approximate surface area is 98.7 Å². The molecule has 0 unspecified atom stereocenters. The second-order valence-electron chi connectivity index (χ2n) is 3.65. The predicted octanol–water partition coefficient (Wildman–Crippen LogP) is 1.62.